The van der Waals surface area contributed by atoms with Gasteiger partial charge in [0.05, 0.1) is 5.56 Å². The first-order chi connectivity index (χ1) is 8.20. The summed E-state index contributed by atoms with van der Waals surface area (Å²) >= 11 is 1.11. The first-order valence-electron chi connectivity index (χ1n) is 4.83. The Bertz CT molecular complexity index is 590. The van der Waals surface area contributed by atoms with Crippen molar-refractivity contribution < 1.29 is 8.78 Å². The Kier molecular flexibility index (Phi) is 3.40. The third-order valence-electron chi connectivity index (χ3n) is 2.12. The van der Waals surface area contributed by atoms with E-state index in [2.05, 4.69) is 0 Å². The fourth-order valence-corrected chi connectivity index (χ4v) is 2.22. The zero-order valence-electron chi connectivity index (χ0n) is 8.65. The van der Waals surface area contributed by atoms with Gasteiger partial charge in [0.25, 0.3) is 0 Å². The van der Waals surface area contributed by atoms with E-state index in [9.17, 15) is 8.78 Å². The summed E-state index contributed by atoms with van der Waals surface area (Å²) in [7, 11) is 0. The van der Waals surface area contributed by atoms with Gasteiger partial charge in [-0.15, -0.1) is 0 Å². The third kappa shape index (κ3) is 2.63. The Morgan fingerprint density at radius 1 is 1.00 bits per heavy atom. The molecule has 2 aromatic rings. The molecule has 0 fully saturated rings. The second kappa shape index (κ2) is 4.98. The zero-order chi connectivity index (χ0) is 12.3. The minimum atomic E-state index is -0.622. The van der Waals surface area contributed by atoms with Gasteiger partial charge in [0.15, 0.2) is 0 Å². The highest BCUT2D eigenvalue weighted by Crippen LogP contribution is 2.32. The standard InChI is InChI=1S/C13H7F2NS/c14-10-5-6-13(11(15)7-10)17-12-4-2-1-3-9(12)8-16/h1-7H. The van der Waals surface area contributed by atoms with Gasteiger partial charge in [-0.3, -0.25) is 0 Å². The smallest absolute Gasteiger partial charge is 0.140 e. The van der Waals surface area contributed by atoms with Crippen LogP contribution in [0.5, 0.6) is 0 Å². The molecule has 17 heavy (non-hydrogen) atoms. The SMILES string of the molecule is N#Cc1ccccc1Sc1ccc(F)cc1F. The van der Waals surface area contributed by atoms with Gasteiger partial charge in [-0.2, -0.15) is 5.26 Å². The number of hydrogen-bond acceptors (Lipinski definition) is 2. The number of hydrogen-bond donors (Lipinski definition) is 0. The quantitative estimate of drug-likeness (QED) is 0.801. The molecule has 84 valence electrons. The molecule has 0 bridgehead atoms. The molecule has 0 atom stereocenters. The molecule has 0 aliphatic carbocycles. The molecule has 0 saturated carbocycles. The summed E-state index contributed by atoms with van der Waals surface area (Å²) in [5.74, 6) is -1.23. The highest BCUT2D eigenvalue weighted by atomic mass is 32.2. The van der Waals surface area contributed by atoms with Crippen molar-refractivity contribution in [3.63, 3.8) is 0 Å². The fourth-order valence-electron chi connectivity index (χ4n) is 1.32. The number of nitrogens with zero attached hydrogens (tertiary/aromatic N) is 1. The fraction of sp³-hybridized carbons (Fsp3) is 0. The van der Waals surface area contributed by atoms with E-state index < -0.39 is 11.6 Å². The van der Waals surface area contributed by atoms with Crippen LogP contribution in [0.25, 0.3) is 0 Å². The topological polar surface area (TPSA) is 23.8 Å². The van der Waals surface area contributed by atoms with E-state index in [1.54, 1.807) is 24.3 Å². The van der Waals surface area contributed by atoms with Crippen LogP contribution in [0, 0.1) is 23.0 Å². The molecule has 0 spiro atoms. The van der Waals surface area contributed by atoms with Crippen LogP contribution in [0.4, 0.5) is 8.78 Å². The Hall–Kier alpha value is -1.86. The van der Waals surface area contributed by atoms with Crippen LogP contribution < -0.4 is 0 Å². The van der Waals surface area contributed by atoms with Crippen LogP contribution in [0.2, 0.25) is 0 Å². The summed E-state index contributed by atoms with van der Waals surface area (Å²) in [5, 5.41) is 8.89. The van der Waals surface area contributed by atoms with Crippen LogP contribution >= 0.6 is 11.8 Å². The van der Waals surface area contributed by atoms with Gasteiger partial charge in [0.1, 0.15) is 17.7 Å². The molecule has 0 N–H and O–H groups in total. The summed E-state index contributed by atoms with van der Waals surface area (Å²) in [5.41, 5.74) is 0.473. The van der Waals surface area contributed by atoms with Crippen LogP contribution in [0.3, 0.4) is 0 Å². The van der Waals surface area contributed by atoms with E-state index in [0.29, 0.717) is 15.4 Å². The van der Waals surface area contributed by atoms with Gasteiger partial charge in [0, 0.05) is 15.9 Å². The van der Waals surface area contributed by atoms with E-state index in [1.807, 2.05) is 6.07 Å². The lowest BCUT2D eigenvalue weighted by Crippen LogP contribution is -1.85. The van der Waals surface area contributed by atoms with Crippen molar-refractivity contribution in [1.29, 1.82) is 5.26 Å². The van der Waals surface area contributed by atoms with E-state index in [0.717, 1.165) is 17.8 Å². The van der Waals surface area contributed by atoms with Gasteiger partial charge in [0.2, 0.25) is 0 Å². The maximum absolute atomic E-state index is 13.4. The summed E-state index contributed by atoms with van der Waals surface area (Å²) in [6.45, 7) is 0. The van der Waals surface area contributed by atoms with Gasteiger partial charge in [-0.25, -0.2) is 8.78 Å². The molecule has 0 amide bonds. The van der Waals surface area contributed by atoms with E-state index in [4.69, 9.17) is 5.26 Å². The molecule has 0 aliphatic heterocycles. The highest BCUT2D eigenvalue weighted by Gasteiger charge is 2.08. The minimum absolute atomic E-state index is 0.300. The van der Waals surface area contributed by atoms with Crippen molar-refractivity contribution >= 4 is 11.8 Å². The normalized spacial score (nSPS) is 9.94. The van der Waals surface area contributed by atoms with Crippen LogP contribution in [-0.2, 0) is 0 Å². The van der Waals surface area contributed by atoms with Crippen LogP contribution in [-0.4, -0.2) is 0 Å². The molecule has 0 saturated heterocycles. The number of halogens is 2. The predicted octanol–water partition coefficient (Wildman–Crippen LogP) is 3.99. The predicted molar refractivity (Wildman–Crippen MR) is 61.6 cm³/mol. The molecular weight excluding hydrogens is 240 g/mol. The average molecular weight is 247 g/mol. The van der Waals surface area contributed by atoms with Gasteiger partial charge in [-0.1, -0.05) is 23.9 Å². The van der Waals surface area contributed by atoms with Crippen molar-refractivity contribution in [1.82, 2.24) is 0 Å². The lowest BCUT2D eigenvalue weighted by Gasteiger charge is -2.04. The molecule has 4 heteroatoms. The van der Waals surface area contributed by atoms with Crippen molar-refractivity contribution in [2.45, 2.75) is 9.79 Å². The van der Waals surface area contributed by atoms with Gasteiger partial charge < -0.3 is 0 Å². The highest BCUT2D eigenvalue weighted by molar-refractivity contribution is 7.99. The Labute approximate surface area is 102 Å². The second-order valence-corrected chi connectivity index (χ2v) is 4.37. The first kappa shape index (κ1) is 11.6. The molecule has 0 aromatic heterocycles. The zero-order valence-corrected chi connectivity index (χ0v) is 9.47. The van der Waals surface area contributed by atoms with E-state index in [1.165, 1.54) is 12.1 Å². The van der Waals surface area contributed by atoms with Crippen molar-refractivity contribution in [2.24, 2.45) is 0 Å². The summed E-state index contributed by atoms with van der Waals surface area (Å²) in [4.78, 5) is 0.953. The molecule has 0 heterocycles. The van der Waals surface area contributed by atoms with Crippen molar-refractivity contribution in [3.05, 3.63) is 59.7 Å². The molecule has 0 radical (unpaired) electrons. The van der Waals surface area contributed by atoms with Crippen LogP contribution in [0.1, 0.15) is 5.56 Å². The maximum atomic E-state index is 13.4. The van der Waals surface area contributed by atoms with Crippen molar-refractivity contribution in [3.8, 4) is 6.07 Å². The molecule has 0 unspecified atom stereocenters. The lowest BCUT2D eigenvalue weighted by molar-refractivity contribution is 0.565. The maximum Gasteiger partial charge on any atom is 0.140 e. The Morgan fingerprint density at radius 2 is 1.76 bits per heavy atom. The molecular formula is C13H7F2NS. The average Bonchev–Trinajstić information content (AvgIpc) is 2.33. The summed E-state index contributed by atoms with van der Waals surface area (Å²) in [6.07, 6.45) is 0. The third-order valence-corrected chi connectivity index (χ3v) is 3.25. The largest absolute Gasteiger partial charge is 0.207 e. The second-order valence-electron chi connectivity index (χ2n) is 3.28. The van der Waals surface area contributed by atoms with Gasteiger partial charge in [-0.05, 0) is 24.3 Å². The lowest BCUT2D eigenvalue weighted by atomic mass is 10.2. The molecule has 1 nitrogen and oxygen atoms in total. The Morgan fingerprint density at radius 3 is 2.47 bits per heavy atom. The Balaban J connectivity index is 2.35. The minimum Gasteiger partial charge on any atom is -0.207 e. The molecule has 0 aliphatic rings. The number of benzene rings is 2. The molecule has 2 rings (SSSR count). The monoisotopic (exact) mass is 247 g/mol. The van der Waals surface area contributed by atoms with E-state index in [-0.39, 0.29) is 0 Å². The first-order valence-corrected chi connectivity index (χ1v) is 5.64. The summed E-state index contributed by atoms with van der Waals surface area (Å²) < 4.78 is 26.2. The number of rotatable bonds is 2. The van der Waals surface area contributed by atoms with E-state index >= 15 is 0 Å². The van der Waals surface area contributed by atoms with Gasteiger partial charge >= 0.3 is 0 Å². The van der Waals surface area contributed by atoms with Crippen molar-refractivity contribution in [2.75, 3.05) is 0 Å². The number of nitriles is 1. The molecule has 2 aromatic carbocycles. The van der Waals surface area contributed by atoms with Crippen LogP contribution in [0.15, 0.2) is 52.3 Å². The summed E-state index contributed by atoms with van der Waals surface area (Å²) in [6, 6.07) is 12.3.